The third-order valence-electron chi connectivity index (χ3n) is 5.95. The molecule has 2 aromatic carbocycles. The molecule has 1 aliphatic heterocycles. The van der Waals surface area contributed by atoms with Gasteiger partial charge in [-0.05, 0) is 112 Å². The van der Waals surface area contributed by atoms with Crippen LogP contribution in [0.25, 0.3) is 11.8 Å². The number of nitrogens with zero attached hydrogens (tertiary/aromatic N) is 3. The number of carbonyl (C=O) groups is 3. The Labute approximate surface area is 220 Å². The van der Waals surface area contributed by atoms with Crippen LogP contribution >= 0.6 is 11.8 Å². The molecular weight excluding hydrogens is 486 g/mol. The van der Waals surface area contributed by atoms with Gasteiger partial charge in [0.1, 0.15) is 0 Å². The largest absolute Gasteiger partial charge is 0.462 e. The van der Waals surface area contributed by atoms with Crippen molar-refractivity contribution in [1.29, 1.82) is 0 Å². The number of carbonyl (C=O) groups excluding carboxylic acids is 3. The molecule has 2 amide bonds. The van der Waals surface area contributed by atoms with Gasteiger partial charge in [-0.25, -0.2) is 14.7 Å². The molecule has 0 atom stereocenters. The van der Waals surface area contributed by atoms with Crippen LogP contribution in [0.1, 0.15) is 52.3 Å². The first-order valence-electron chi connectivity index (χ1n) is 12.0. The van der Waals surface area contributed by atoms with Crippen LogP contribution in [0.3, 0.4) is 0 Å². The van der Waals surface area contributed by atoms with E-state index in [4.69, 9.17) is 4.74 Å². The summed E-state index contributed by atoms with van der Waals surface area (Å²) in [4.78, 5) is 43.7. The highest BCUT2D eigenvalue weighted by molar-refractivity contribution is 8.18. The van der Waals surface area contributed by atoms with Gasteiger partial charge >= 0.3 is 5.97 Å². The van der Waals surface area contributed by atoms with Crippen molar-refractivity contribution < 1.29 is 19.1 Å². The van der Waals surface area contributed by atoms with Crippen molar-refractivity contribution in [3.63, 3.8) is 0 Å². The summed E-state index contributed by atoms with van der Waals surface area (Å²) in [6.45, 7) is 11.4. The molecule has 3 aromatic rings. The zero-order valence-electron chi connectivity index (χ0n) is 21.8. The lowest BCUT2D eigenvalue weighted by Gasteiger charge is -2.11. The van der Waals surface area contributed by atoms with E-state index >= 15 is 0 Å². The molecule has 0 spiro atoms. The molecule has 2 heterocycles. The third-order valence-corrected chi connectivity index (χ3v) is 6.91. The lowest BCUT2D eigenvalue weighted by Crippen LogP contribution is -2.33. The van der Waals surface area contributed by atoms with Crippen LogP contribution in [0.4, 0.5) is 5.69 Å². The summed E-state index contributed by atoms with van der Waals surface area (Å²) < 4.78 is 7.12. The van der Waals surface area contributed by atoms with Crippen LogP contribution in [0.5, 0.6) is 0 Å². The quantitative estimate of drug-likeness (QED) is 0.306. The molecule has 1 saturated heterocycles. The maximum Gasteiger partial charge on any atom is 0.338 e. The second-order valence-electron chi connectivity index (χ2n) is 8.94. The summed E-state index contributed by atoms with van der Waals surface area (Å²) in [5.41, 5.74) is 6.95. The number of aromatic nitrogens is 1. The summed E-state index contributed by atoms with van der Waals surface area (Å²) in [6, 6.07) is 15.1. The Morgan fingerprint density at radius 1 is 1.00 bits per heavy atom. The molecule has 8 heteroatoms. The van der Waals surface area contributed by atoms with Crippen LogP contribution in [0.2, 0.25) is 0 Å². The third kappa shape index (κ3) is 5.44. The van der Waals surface area contributed by atoms with Gasteiger partial charge in [0.15, 0.2) is 5.17 Å². The molecule has 4 rings (SSSR count). The van der Waals surface area contributed by atoms with Gasteiger partial charge in [-0.2, -0.15) is 0 Å². The number of rotatable bonds is 5. The van der Waals surface area contributed by atoms with E-state index in [9.17, 15) is 14.4 Å². The van der Waals surface area contributed by atoms with Gasteiger partial charge in [-0.1, -0.05) is 6.07 Å². The number of ether oxygens (including phenoxy) is 1. The van der Waals surface area contributed by atoms with Crippen molar-refractivity contribution in [3.8, 4) is 5.69 Å². The second-order valence-corrected chi connectivity index (χ2v) is 9.95. The number of thioether (sulfide) groups is 1. The second kappa shape index (κ2) is 10.6. The smallest absolute Gasteiger partial charge is 0.338 e. The number of amides is 2. The van der Waals surface area contributed by atoms with Gasteiger partial charge in [0.05, 0.1) is 22.8 Å². The minimum Gasteiger partial charge on any atom is -0.462 e. The fourth-order valence-corrected chi connectivity index (χ4v) is 5.40. The fourth-order valence-electron chi connectivity index (χ4n) is 4.39. The predicted molar refractivity (Wildman–Crippen MR) is 147 cm³/mol. The minimum absolute atomic E-state index is 0.323. The number of aryl methyl sites for hydroxylation is 3. The number of benzene rings is 2. The van der Waals surface area contributed by atoms with Gasteiger partial charge in [0.2, 0.25) is 5.91 Å². The number of esters is 1. The lowest BCUT2D eigenvalue weighted by atomic mass is 10.1. The van der Waals surface area contributed by atoms with E-state index in [1.165, 1.54) is 18.7 Å². The van der Waals surface area contributed by atoms with Crippen molar-refractivity contribution >= 4 is 46.5 Å². The highest BCUT2D eigenvalue weighted by Gasteiger charge is 2.36. The van der Waals surface area contributed by atoms with Crippen molar-refractivity contribution in [2.75, 3.05) is 6.61 Å². The predicted octanol–water partition coefficient (Wildman–Crippen LogP) is 6.04. The van der Waals surface area contributed by atoms with Crippen molar-refractivity contribution in [3.05, 3.63) is 87.1 Å². The Hall–Kier alpha value is -3.91. The van der Waals surface area contributed by atoms with E-state index in [1.807, 2.05) is 64.1 Å². The molecule has 1 aliphatic rings. The van der Waals surface area contributed by atoms with E-state index in [2.05, 4.69) is 9.56 Å². The Morgan fingerprint density at radius 2 is 1.65 bits per heavy atom. The van der Waals surface area contributed by atoms with E-state index in [1.54, 1.807) is 25.1 Å². The monoisotopic (exact) mass is 515 g/mol. The maximum atomic E-state index is 13.2. The van der Waals surface area contributed by atoms with Crippen molar-refractivity contribution in [2.45, 2.75) is 41.5 Å². The Kier molecular flexibility index (Phi) is 7.50. The molecule has 0 radical (unpaired) electrons. The van der Waals surface area contributed by atoms with Crippen LogP contribution in [-0.4, -0.2) is 39.0 Å². The molecule has 0 N–H and O–H groups in total. The Morgan fingerprint density at radius 3 is 2.24 bits per heavy atom. The van der Waals surface area contributed by atoms with Crippen LogP contribution in [0.15, 0.2) is 58.4 Å². The Bertz CT molecular complexity index is 1440. The highest BCUT2D eigenvalue weighted by Crippen LogP contribution is 2.36. The molecule has 190 valence electrons. The summed E-state index contributed by atoms with van der Waals surface area (Å²) >= 11 is 1.19. The molecule has 1 fully saturated rings. The summed E-state index contributed by atoms with van der Waals surface area (Å²) in [6.07, 6.45) is 1.80. The minimum atomic E-state index is -0.385. The molecule has 0 unspecified atom stereocenters. The fraction of sp³-hybridized carbons (Fsp3) is 0.241. The number of imide groups is 1. The summed E-state index contributed by atoms with van der Waals surface area (Å²) in [5.74, 6) is -1.12. The molecule has 0 bridgehead atoms. The van der Waals surface area contributed by atoms with Gasteiger partial charge in [0.25, 0.3) is 5.91 Å². The van der Waals surface area contributed by atoms with Gasteiger partial charge in [-0.15, -0.1) is 0 Å². The van der Waals surface area contributed by atoms with Crippen LogP contribution in [-0.2, 0) is 14.3 Å². The standard InChI is InChI=1S/C29H29N3O4S/c1-7-36-28(35)22-8-10-25(11-9-22)31-19(4)15-23(20(31)5)16-26-27(34)32(21(6)33)29(37-26)30-24-13-17(2)12-18(3)14-24/h8-16H,7H2,1-6H3/b26-16-,30-29?. The maximum absolute atomic E-state index is 13.2. The van der Waals surface area contributed by atoms with Crippen molar-refractivity contribution in [1.82, 2.24) is 9.47 Å². The summed E-state index contributed by atoms with van der Waals surface area (Å²) in [5, 5.41) is 0.345. The van der Waals surface area contributed by atoms with Gasteiger partial charge in [0, 0.05) is 24.0 Å². The molecular formula is C29H29N3O4S. The molecule has 37 heavy (non-hydrogen) atoms. The molecule has 0 saturated carbocycles. The van der Waals surface area contributed by atoms with Crippen LogP contribution < -0.4 is 0 Å². The van der Waals surface area contributed by atoms with E-state index in [0.717, 1.165) is 38.7 Å². The van der Waals surface area contributed by atoms with Gasteiger partial charge in [-0.3, -0.25) is 9.59 Å². The Balaban J connectivity index is 1.68. The first kappa shape index (κ1) is 26.2. The average Bonchev–Trinajstić information content (AvgIpc) is 3.28. The number of aliphatic imine (C=N–C) groups is 1. The van der Waals surface area contributed by atoms with Gasteiger partial charge < -0.3 is 9.30 Å². The van der Waals surface area contributed by atoms with E-state index in [-0.39, 0.29) is 17.8 Å². The van der Waals surface area contributed by atoms with Crippen LogP contribution in [0, 0.1) is 27.7 Å². The summed E-state index contributed by atoms with van der Waals surface area (Å²) in [7, 11) is 0. The topological polar surface area (TPSA) is 81.0 Å². The zero-order chi connectivity index (χ0) is 26.9. The van der Waals surface area contributed by atoms with Crippen molar-refractivity contribution in [2.24, 2.45) is 4.99 Å². The molecule has 7 nitrogen and oxygen atoms in total. The lowest BCUT2D eigenvalue weighted by molar-refractivity contribution is -0.135. The van der Waals surface area contributed by atoms with E-state index in [0.29, 0.717) is 27.9 Å². The number of hydrogen-bond donors (Lipinski definition) is 0. The number of amidine groups is 1. The SMILES string of the molecule is CCOC(=O)c1ccc(-n2c(C)cc(/C=C3\SC(=Nc4cc(C)cc(C)c4)N(C(C)=O)C3=O)c2C)cc1. The first-order chi connectivity index (χ1) is 17.6. The highest BCUT2D eigenvalue weighted by atomic mass is 32.2. The van der Waals surface area contributed by atoms with E-state index < -0.39 is 0 Å². The number of hydrogen-bond acceptors (Lipinski definition) is 6. The molecule has 0 aliphatic carbocycles. The average molecular weight is 516 g/mol. The zero-order valence-corrected chi connectivity index (χ0v) is 22.6. The first-order valence-corrected chi connectivity index (χ1v) is 12.8. The normalized spacial score (nSPS) is 15.6. The molecule has 1 aromatic heterocycles.